The number of aryl methyl sites for hydroxylation is 1. The van der Waals surface area contributed by atoms with Crippen LogP contribution in [0.5, 0.6) is 0 Å². The minimum atomic E-state index is 0.925. The lowest BCUT2D eigenvalue weighted by Crippen LogP contribution is -2.27. The maximum Gasteiger partial charge on any atom is 0.0572 e. The van der Waals surface area contributed by atoms with Gasteiger partial charge in [0.2, 0.25) is 0 Å². The van der Waals surface area contributed by atoms with E-state index in [1.807, 2.05) is 19.3 Å². The van der Waals surface area contributed by atoms with E-state index in [0.717, 1.165) is 19.6 Å². The van der Waals surface area contributed by atoms with Gasteiger partial charge in [-0.1, -0.05) is 6.07 Å². The molecular weight excluding hydrogens is 174 g/mol. The number of hydrogen-bond donors (Lipinski definition) is 1. The van der Waals surface area contributed by atoms with Gasteiger partial charge in [-0.2, -0.15) is 0 Å². The van der Waals surface area contributed by atoms with Crippen molar-refractivity contribution in [2.24, 2.45) is 0 Å². The summed E-state index contributed by atoms with van der Waals surface area (Å²) in [5, 5.41) is 3.14. The van der Waals surface area contributed by atoms with E-state index in [-0.39, 0.29) is 0 Å². The van der Waals surface area contributed by atoms with Crippen molar-refractivity contribution in [1.82, 2.24) is 15.2 Å². The van der Waals surface area contributed by atoms with Crippen LogP contribution in [0.3, 0.4) is 0 Å². The number of hydrogen-bond acceptors (Lipinski definition) is 3. The smallest absolute Gasteiger partial charge is 0.0572 e. The number of nitrogens with zero attached hydrogens (tertiary/aromatic N) is 2. The highest BCUT2D eigenvalue weighted by Crippen LogP contribution is 2.05. The van der Waals surface area contributed by atoms with E-state index in [1.165, 1.54) is 11.3 Å². The second-order valence-electron chi connectivity index (χ2n) is 3.61. The Hall–Kier alpha value is -0.930. The van der Waals surface area contributed by atoms with Crippen LogP contribution < -0.4 is 5.32 Å². The Morgan fingerprint density at radius 3 is 2.93 bits per heavy atom. The van der Waals surface area contributed by atoms with Gasteiger partial charge in [0.1, 0.15) is 0 Å². The van der Waals surface area contributed by atoms with Gasteiger partial charge in [0.25, 0.3) is 0 Å². The lowest BCUT2D eigenvalue weighted by atomic mass is 10.2. The Balaban J connectivity index is 2.47. The first-order valence-corrected chi connectivity index (χ1v) is 4.97. The predicted octanol–water partition coefficient (Wildman–Crippen LogP) is 1.04. The molecule has 0 aliphatic rings. The highest BCUT2D eigenvalue weighted by molar-refractivity contribution is 5.17. The summed E-state index contributed by atoms with van der Waals surface area (Å²) < 4.78 is 0. The van der Waals surface area contributed by atoms with E-state index < -0.39 is 0 Å². The molecule has 1 aromatic rings. The fraction of sp³-hybridized carbons (Fsp3) is 0.545. The van der Waals surface area contributed by atoms with Gasteiger partial charge in [-0.25, -0.2) is 0 Å². The van der Waals surface area contributed by atoms with Gasteiger partial charge >= 0.3 is 0 Å². The van der Waals surface area contributed by atoms with Crippen molar-refractivity contribution < 1.29 is 0 Å². The molecule has 1 rings (SSSR count). The standard InChI is InChI=1S/C11H19N3/c1-10-5-4-6-13-11(10)9-14(3)8-7-12-2/h4-6,12H,7-9H2,1-3H3. The van der Waals surface area contributed by atoms with Gasteiger partial charge in [-0.3, -0.25) is 9.88 Å². The van der Waals surface area contributed by atoms with Crippen LogP contribution in [0.15, 0.2) is 18.3 Å². The number of pyridine rings is 1. The van der Waals surface area contributed by atoms with E-state index in [2.05, 4.69) is 35.2 Å². The third kappa shape index (κ3) is 3.44. The molecule has 0 atom stereocenters. The normalized spacial score (nSPS) is 10.9. The molecule has 0 bridgehead atoms. The summed E-state index contributed by atoms with van der Waals surface area (Å²) in [7, 11) is 4.09. The lowest BCUT2D eigenvalue weighted by molar-refractivity contribution is 0.323. The Labute approximate surface area is 86.2 Å². The van der Waals surface area contributed by atoms with Crippen LogP contribution >= 0.6 is 0 Å². The van der Waals surface area contributed by atoms with E-state index in [4.69, 9.17) is 0 Å². The molecule has 0 aliphatic heterocycles. The molecule has 1 heterocycles. The zero-order valence-corrected chi connectivity index (χ0v) is 9.25. The summed E-state index contributed by atoms with van der Waals surface area (Å²) in [6.07, 6.45) is 1.86. The average Bonchev–Trinajstić information content (AvgIpc) is 2.18. The van der Waals surface area contributed by atoms with E-state index >= 15 is 0 Å². The van der Waals surface area contributed by atoms with Crippen molar-refractivity contribution in [3.8, 4) is 0 Å². The van der Waals surface area contributed by atoms with E-state index in [0.29, 0.717) is 0 Å². The van der Waals surface area contributed by atoms with Crippen LogP contribution in [-0.2, 0) is 6.54 Å². The highest BCUT2D eigenvalue weighted by Gasteiger charge is 2.02. The molecule has 0 amide bonds. The molecule has 0 saturated heterocycles. The maximum atomic E-state index is 4.36. The minimum Gasteiger partial charge on any atom is -0.318 e. The SMILES string of the molecule is CNCCN(C)Cc1ncccc1C. The molecule has 14 heavy (non-hydrogen) atoms. The minimum absolute atomic E-state index is 0.925. The van der Waals surface area contributed by atoms with Crippen LogP contribution in [0, 0.1) is 6.92 Å². The summed E-state index contributed by atoms with van der Waals surface area (Å²) in [5.41, 5.74) is 2.44. The zero-order valence-electron chi connectivity index (χ0n) is 9.25. The molecule has 3 nitrogen and oxygen atoms in total. The number of rotatable bonds is 5. The second-order valence-corrected chi connectivity index (χ2v) is 3.61. The van der Waals surface area contributed by atoms with Crippen LogP contribution in [0.4, 0.5) is 0 Å². The first kappa shape index (κ1) is 11.1. The molecule has 1 N–H and O–H groups in total. The van der Waals surface area contributed by atoms with Crippen LogP contribution in [0.1, 0.15) is 11.3 Å². The molecule has 0 saturated carbocycles. The van der Waals surface area contributed by atoms with Crippen molar-refractivity contribution in [3.63, 3.8) is 0 Å². The monoisotopic (exact) mass is 193 g/mol. The number of nitrogens with one attached hydrogen (secondary N) is 1. The van der Waals surface area contributed by atoms with Crippen molar-refractivity contribution in [3.05, 3.63) is 29.6 Å². The van der Waals surface area contributed by atoms with Crippen LogP contribution in [0.25, 0.3) is 0 Å². The molecule has 0 aromatic carbocycles. The van der Waals surface area contributed by atoms with Gasteiger partial charge in [0, 0.05) is 25.8 Å². The van der Waals surface area contributed by atoms with E-state index in [1.54, 1.807) is 0 Å². The molecule has 0 radical (unpaired) electrons. The van der Waals surface area contributed by atoms with Gasteiger partial charge in [-0.05, 0) is 32.6 Å². The van der Waals surface area contributed by atoms with Gasteiger partial charge in [0.05, 0.1) is 5.69 Å². The molecule has 0 aliphatic carbocycles. The number of aromatic nitrogens is 1. The first-order valence-electron chi connectivity index (χ1n) is 4.97. The topological polar surface area (TPSA) is 28.2 Å². The predicted molar refractivity (Wildman–Crippen MR) is 59.2 cm³/mol. The van der Waals surface area contributed by atoms with Crippen LogP contribution in [0.2, 0.25) is 0 Å². The molecule has 0 spiro atoms. The summed E-state index contributed by atoms with van der Waals surface area (Å²) >= 11 is 0. The quantitative estimate of drug-likeness (QED) is 0.757. The summed E-state index contributed by atoms with van der Waals surface area (Å²) in [6, 6.07) is 4.08. The molecule has 0 unspecified atom stereocenters. The van der Waals surface area contributed by atoms with Crippen molar-refractivity contribution in [2.45, 2.75) is 13.5 Å². The highest BCUT2D eigenvalue weighted by atomic mass is 15.1. The van der Waals surface area contributed by atoms with Crippen molar-refractivity contribution in [2.75, 3.05) is 27.2 Å². The van der Waals surface area contributed by atoms with Crippen molar-refractivity contribution >= 4 is 0 Å². The third-order valence-corrected chi connectivity index (χ3v) is 2.28. The number of likely N-dealkylation sites (N-methyl/N-ethyl adjacent to an activating group) is 2. The summed E-state index contributed by atoms with van der Waals surface area (Å²) in [5.74, 6) is 0. The largest absolute Gasteiger partial charge is 0.318 e. The Morgan fingerprint density at radius 1 is 1.50 bits per heavy atom. The molecule has 0 fully saturated rings. The molecule has 78 valence electrons. The third-order valence-electron chi connectivity index (χ3n) is 2.28. The van der Waals surface area contributed by atoms with Gasteiger partial charge in [-0.15, -0.1) is 0 Å². The fourth-order valence-corrected chi connectivity index (χ4v) is 1.32. The first-order chi connectivity index (χ1) is 6.74. The summed E-state index contributed by atoms with van der Waals surface area (Å²) in [4.78, 5) is 6.63. The Kier molecular flexibility index (Phi) is 4.56. The van der Waals surface area contributed by atoms with Gasteiger partial charge in [0.15, 0.2) is 0 Å². The zero-order chi connectivity index (χ0) is 10.4. The average molecular weight is 193 g/mol. The molecule has 1 aromatic heterocycles. The molecule has 3 heteroatoms. The summed E-state index contributed by atoms with van der Waals surface area (Å²) in [6.45, 7) is 5.09. The fourth-order valence-electron chi connectivity index (χ4n) is 1.32. The molecular formula is C11H19N3. The Morgan fingerprint density at radius 2 is 2.29 bits per heavy atom. The van der Waals surface area contributed by atoms with Crippen LogP contribution in [-0.4, -0.2) is 37.1 Å². The Bertz CT molecular complexity index is 273. The van der Waals surface area contributed by atoms with E-state index in [9.17, 15) is 0 Å². The van der Waals surface area contributed by atoms with Gasteiger partial charge < -0.3 is 5.32 Å². The second kappa shape index (κ2) is 5.73. The van der Waals surface area contributed by atoms with Crippen molar-refractivity contribution in [1.29, 1.82) is 0 Å². The lowest BCUT2D eigenvalue weighted by Gasteiger charge is -2.16. The maximum absolute atomic E-state index is 4.36.